The van der Waals surface area contributed by atoms with Crippen LogP contribution < -0.4 is 5.32 Å². The van der Waals surface area contributed by atoms with Crippen LogP contribution in [0.5, 0.6) is 0 Å². The summed E-state index contributed by atoms with van der Waals surface area (Å²) in [5.74, 6) is -1.86. The number of ether oxygens (including phenoxy) is 1. The molecule has 1 aromatic carbocycles. The van der Waals surface area contributed by atoms with E-state index in [2.05, 4.69) is 31.1 Å². The number of aromatic nitrogens is 1. The molecule has 0 saturated carbocycles. The maximum Gasteiger partial charge on any atom is 0.328 e. The number of carbonyl (C=O) groups is 3. The highest BCUT2D eigenvalue weighted by atomic mass is 32.1. The summed E-state index contributed by atoms with van der Waals surface area (Å²) < 4.78 is 11.3. The smallest absolute Gasteiger partial charge is 0.328 e. The van der Waals surface area contributed by atoms with E-state index in [9.17, 15) is 19.5 Å². The van der Waals surface area contributed by atoms with Gasteiger partial charge >= 0.3 is 11.9 Å². The minimum atomic E-state index is -2.16. The predicted molar refractivity (Wildman–Crippen MR) is 153 cm³/mol. The molecule has 1 aromatic heterocycles. The molecule has 0 radical (unpaired) electrons. The number of unbranched alkanes of at least 4 members (excludes halogenated alkanes) is 1. The molecular weight excluding hydrogens is 520 g/mol. The summed E-state index contributed by atoms with van der Waals surface area (Å²) in [7, 11) is -2.16. The van der Waals surface area contributed by atoms with Gasteiger partial charge in [-0.2, -0.15) is 0 Å². The number of aryl methyl sites for hydroxylation is 1. The third kappa shape index (κ3) is 9.96. The van der Waals surface area contributed by atoms with E-state index in [1.165, 1.54) is 11.3 Å². The molecular formula is C28H42N2O6SSi. The zero-order valence-electron chi connectivity index (χ0n) is 23.8. The van der Waals surface area contributed by atoms with Crippen LogP contribution in [0, 0.1) is 0 Å². The molecule has 38 heavy (non-hydrogen) atoms. The van der Waals surface area contributed by atoms with Crippen molar-refractivity contribution in [2.45, 2.75) is 97.0 Å². The van der Waals surface area contributed by atoms with Gasteiger partial charge in [0, 0.05) is 17.4 Å². The first-order valence-electron chi connectivity index (χ1n) is 12.9. The summed E-state index contributed by atoms with van der Waals surface area (Å²) in [6.45, 7) is 15.8. The Hall–Kier alpha value is -2.56. The topological polar surface area (TPSA) is 115 Å². The monoisotopic (exact) mass is 562 g/mol. The number of nitrogens with zero attached hydrogens (tertiary/aromatic N) is 1. The number of thiazole rings is 1. The van der Waals surface area contributed by atoms with Gasteiger partial charge in [-0.15, -0.1) is 11.3 Å². The van der Waals surface area contributed by atoms with Gasteiger partial charge in [0.1, 0.15) is 22.3 Å². The van der Waals surface area contributed by atoms with Crippen LogP contribution >= 0.6 is 11.3 Å². The Balaban J connectivity index is 1.91. The number of benzene rings is 1. The Morgan fingerprint density at radius 1 is 1.05 bits per heavy atom. The Labute approximate surface area is 231 Å². The van der Waals surface area contributed by atoms with Crippen LogP contribution in [0.25, 0.3) is 10.6 Å². The lowest BCUT2D eigenvalue weighted by atomic mass is 10.1. The normalized spacial score (nSPS) is 13.2. The van der Waals surface area contributed by atoms with Crippen molar-refractivity contribution in [2.24, 2.45) is 0 Å². The molecule has 210 valence electrons. The van der Waals surface area contributed by atoms with Gasteiger partial charge in [0.2, 0.25) is 0 Å². The van der Waals surface area contributed by atoms with Crippen LogP contribution in [-0.2, 0) is 25.2 Å². The number of amides is 1. The average Bonchev–Trinajstić information content (AvgIpc) is 3.28. The first kappa shape index (κ1) is 31.7. The van der Waals surface area contributed by atoms with Gasteiger partial charge in [-0.25, -0.2) is 9.78 Å². The van der Waals surface area contributed by atoms with Crippen LogP contribution in [0.1, 0.15) is 76.9 Å². The number of hydrogen-bond acceptors (Lipinski definition) is 7. The van der Waals surface area contributed by atoms with Gasteiger partial charge in [-0.1, -0.05) is 45.0 Å². The second kappa shape index (κ2) is 13.0. The van der Waals surface area contributed by atoms with Crippen molar-refractivity contribution in [3.63, 3.8) is 0 Å². The standard InChI is InChI=1S/C28H42N2O6SSi/c1-27(2,3)36-23(31)12-10-9-11-19-13-15-20(16-14-19)25-30-22(18-37-25)24(32)29-21(26(33)34)17-35-38(7,8)28(4,5)6/h13-16,18,21H,9-12,17H2,1-8H3,(H,29,32)(H,33,34)/t21-/m0/s1. The summed E-state index contributed by atoms with van der Waals surface area (Å²) in [5.41, 5.74) is 1.75. The number of carbonyl (C=O) groups excluding carboxylic acids is 2. The molecule has 1 heterocycles. The van der Waals surface area contributed by atoms with Gasteiger partial charge in [0.15, 0.2) is 8.32 Å². The minimum Gasteiger partial charge on any atom is -0.480 e. The lowest BCUT2D eigenvalue weighted by Crippen LogP contribution is -2.49. The highest BCUT2D eigenvalue weighted by Crippen LogP contribution is 2.36. The number of carboxylic acids is 1. The first-order valence-corrected chi connectivity index (χ1v) is 16.7. The molecule has 0 saturated heterocycles. The fourth-order valence-electron chi connectivity index (χ4n) is 3.23. The largest absolute Gasteiger partial charge is 0.480 e. The van der Waals surface area contributed by atoms with Gasteiger partial charge in [0.05, 0.1) is 6.61 Å². The van der Waals surface area contributed by atoms with Crippen molar-refractivity contribution >= 4 is 37.5 Å². The molecule has 0 unspecified atom stereocenters. The van der Waals surface area contributed by atoms with Gasteiger partial charge in [-0.3, -0.25) is 9.59 Å². The summed E-state index contributed by atoms with van der Waals surface area (Å²) >= 11 is 1.33. The number of carboxylic acid groups (broad SMARTS) is 1. The third-order valence-corrected chi connectivity index (χ3v) is 11.9. The van der Waals surface area contributed by atoms with E-state index in [1.54, 1.807) is 5.38 Å². The molecule has 8 nitrogen and oxygen atoms in total. The lowest BCUT2D eigenvalue weighted by molar-refractivity contribution is -0.155. The number of esters is 1. The van der Waals surface area contributed by atoms with Crippen molar-refractivity contribution in [3.05, 3.63) is 40.9 Å². The van der Waals surface area contributed by atoms with Gasteiger partial charge in [-0.05, 0) is 63.7 Å². The zero-order chi connectivity index (χ0) is 28.7. The molecule has 2 aromatic rings. The summed E-state index contributed by atoms with van der Waals surface area (Å²) in [6, 6.07) is 6.79. The van der Waals surface area contributed by atoms with Crippen LogP contribution in [0.15, 0.2) is 29.6 Å². The highest BCUT2D eigenvalue weighted by molar-refractivity contribution is 7.13. The molecule has 2 N–H and O–H groups in total. The van der Waals surface area contributed by atoms with Crippen molar-refractivity contribution < 1.29 is 28.7 Å². The Kier molecular flexibility index (Phi) is 10.8. The molecule has 2 rings (SSSR count). The molecule has 0 spiro atoms. The average molecular weight is 563 g/mol. The lowest BCUT2D eigenvalue weighted by Gasteiger charge is -2.36. The van der Waals surface area contributed by atoms with Crippen LogP contribution in [0.2, 0.25) is 18.1 Å². The fourth-order valence-corrected chi connectivity index (χ4v) is 5.05. The number of rotatable bonds is 12. The number of nitrogens with one attached hydrogen (secondary N) is 1. The summed E-state index contributed by atoms with van der Waals surface area (Å²) in [4.78, 5) is 40.8. The fraction of sp³-hybridized carbons (Fsp3) is 0.571. The zero-order valence-corrected chi connectivity index (χ0v) is 25.7. The molecule has 0 fully saturated rings. The summed E-state index contributed by atoms with van der Waals surface area (Å²) in [5, 5.41) is 14.4. The molecule has 0 aliphatic heterocycles. The predicted octanol–water partition coefficient (Wildman–Crippen LogP) is 6.07. The minimum absolute atomic E-state index is 0.0699. The number of aliphatic carboxylic acids is 1. The second-order valence-electron chi connectivity index (χ2n) is 12.0. The highest BCUT2D eigenvalue weighted by Gasteiger charge is 2.38. The van der Waals surface area contributed by atoms with E-state index in [0.29, 0.717) is 11.4 Å². The van der Waals surface area contributed by atoms with E-state index in [1.807, 2.05) is 58.1 Å². The van der Waals surface area contributed by atoms with Crippen LogP contribution in [-0.4, -0.2) is 54.5 Å². The summed E-state index contributed by atoms with van der Waals surface area (Å²) in [6.07, 6.45) is 2.90. The number of hydrogen-bond donors (Lipinski definition) is 2. The van der Waals surface area contributed by atoms with E-state index in [4.69, 9.17) is 9.16 Å². The maximum atomic E-state index is 12.7. The Morgan fingerprint density at radius 3 is 2.24 bits per heavy atom. The molecule has 0 aliphatic rings. The second-order valence-corrected chi connectivity index (χ2v) is 17.6. The molecule has 1 amide bonds. The molecule has 0 bridgehead atoms. The quantitative estimate of drug-likeness (QED) is 0.183. The van der Waals surface area contributed by atoms with Crippen LogP contribution in [0.3, 0.4) is 0 Å². The Bertz CT molecular complexity index is 1100. The Morgan fingerprint density at radius 2 is 1.68 bits per heavy atom. The van der Waals surface area contributed by atoms with Crippen molar-refractivity contribution in [2.75, 3.05) is 6.61 Å². The van der Waals surface area contributed by atoms with Gasteiger partial charge < -0.3 is 19.6 Å². The van der Waals surface area contributed by atoms with Crippen molar-refractivity contribution in [3.8, 4) is 10.6 Å². The van der Waals surface area contributed by atoms with Crippen molar-refractivity contribution in [1.29, 1.82) is 0 Å². The third-order valence-electron chi connectivity index (χ3n) is 6.47. The molecule has 1 atom stereocenters. The van der Waals surface area contributed by atoms with E-state index in [-0.39, 0.29) is 23.3 Å². The van der Waals surface area contributed by atoms with E-state index >= 15 is 0 Å². The first-order chi connectivity index (χ1) is 17.5. The van der Waals surface area contributed by atoms with E-state index < -0.39 is 31.8 Å². The van der Waals surface area contributed by atoms with Gasteiger partial charge in [0.25, 0.3) is 5.91 Å². The van der Waals surface area contributed by atoms with E-state index in [0.717, 1.165) is 30.4 Å². The molecule has 10 heteroatoms. The van der Waals surface area contributed by atoms with Crippen molar-refractivity contribution in [1.82, 2.24) is 10.3 Å². The maximum absolute atomic E-state index is 12.7. The van der Waals surface area contributed by atoms with Crippen LogP contribution in [0.4, 0.5) is 0 Å². The SMILES string of the molecule is CC(C)(C)OC(=O)CCCCc1ccc(-c2nc(C(=O)N[C@@H](CO[Si](C)(C)C(C)(C)C)C(=O)O)cs2)cc1. The molecule has 0 aliphatic carbocycles.